The molecule has 2 nitrogen and oxygen atoms in total. The second kappa shape index (κ2) is 12.3. The minimum absolute atomic E-state index is 0.350. The molecule has 1 unspecified atom stereocenters. The summed E-state index contributed by atoms with van der Waals surface area (Å²) in [6.45, 7) is 8.04. The maximum Gasteiger partial charge on any atom is 0.330 e. The molecule has 0 fully saturated rings. The van der Waals surface area contributed by atoms with Crippen molar-refractivity contribution >= 4 is 5.97 Å². The van der Waals surface area contributed by atoms with Crippen LogP contribution in [0.2, 0.25) is 0 Å². The van der Waals surface area contributed by atoms with Crippen molar-refractivity contribution in [3.8, 4) is 0 Å². The summed E-state index contributed by atoms with van der Waals surface area (Å²) in [4.78, 5) is 10.6. The molecular weight excluding hydrogens is 236 g/mol. The summed E-state index contributed by atoms with van der Waals surface area (Å²) in [7, 11) is 0. The highest BCUT2D eigenvalue weighted by molar-refractivity contribution is 5.85. The van der Waals surface area contributed by atoms with Crippen molar-refractivity contribution in [2.75, 3.05) is 0 Å². The van der Waals surface area contributed by atoms with Crippen LogP contribution in [0.25, 0.3) is 0 Å². The summed E-state index contributed by atoms with van der Waals surface area (Å²) in [5.74, 6) is -0.226. The first-order valence-corrected chi connectivity index (χ1v) is 7.99. The molecule has 0 aromatic rings. The number of rotatable bonds is 13. The molecule has 0 saturated carbocycles. The summed E-state index contributed by atoms with van der Waals surface area (Å²) in [5.41, 5.74) is 0.350. The quantitative estimate of drug-likeness (QED) is 0.350. The van der Waals surface area contributed by atoms with Gasteiger partial charge in [-0.05, 0) is 18.8 Å². The molecule has 0 aliphatic carbocycles. The number of unbranched alkanes of at least 4 members (excludes halogenated alkanes) is 7. The molecule has 1 atom stereocenters. The van der Waals surface area contributed by atoms with E-state index in [0.29, 0.717) is 17.9 Å². The Morgan fingerprint density at radius 1 is 1.00 bits per heavy atom. The highest BCUT2D eigenvalue weighted by atomic mass is 16.4. The van der Waals surface area contributed by atoms with Crippen LogP contribution in [-0.2, 0) is 4.79 Å². The number of aliphatic carboxylic acids is 1. The molecule has 0 amide bonds. The fraction of sp³-hybridized carbons (Fsp3) is 0.824. The molecule has 2 heteroatoms. The smallest absolute Gasteiger partial charge is 0.330 e. The zero-order valence-electron chi connectivity index (χ0n) is 12.9. The summed E-state index contributed by atoms with van der Waals surface area (Å²) < 4.78 is 0. The van der Waals surface area contributed by atoms with Gasteiger partial charge in [-0.25, -0.2) is 4.79 Å². The molecule has 0 aliphatic rings. The average molecular weight is 268 g/mol. The third-order valence-corrected chi connectivity index (χ3v) is 3.79. The molecule has 0 radical (unpaired) electrons. The Bertz CT molecular complexity index is 246. The summed E-state index contributed by atoms with van der Waals surface area (Å²) >= 11 is 0. The van der Waals surface area contributed by atoms with Gasteiger partial charge in [-0.15, -0.1) is 0 Å². The maximum absolute atomic E-state index is 10.6. The van der Waals surface area contributed by atoms with Crippen LogP contribution in [0.15, 0.2) is 12.2 Å². The first-order chi connectivity index (χ1) is 9.07. The van der Waals surface area contributed by atoms with Crippen LogP contribution in [0.1, 0.15) is 84.5 Å². The van der Waals surface area contributed by atoms with E-state index in [1.807, 2.05) is 0 Å². The molecule has 1 N–H and O–H groups in total. The van der Waals surface area contributed by atoms with E-state index in [1.165, 1.54) is 57.8 Å². The molecule has 0 aromatic heterocycles. The molecule has 0 aromatic carbocycles. The minimum atomic E-state index is -0.848. The fourth-order valence-electron chi connectivity index (χ4n) is 2.30. The van der Waals surface area contributed by atoms with E-state index in [-0.39, 0.29) is 0 Å². The van der Waals surface area contributed by atoms with Crippen LogP contribution in [-0.4, -0.2) is 11.1 Å². The standard InChI is InChI=1S/C17H32O2/c1-4-5-6-7-8-9-10-11-12-15(2)13-14-16(3)17(18)19/h15H,3-14H2,1-2H3,(H,18,19). The van der Waals surface area contributed by atoms with Crippen LogP contribution in [0.4, 0.5) is 0 Å². The Morgan fingerprint density at radius 3 is 2.05 bits per heavy atom. The van der Waals surface area contributed by atoms with Crippen molar-refractivity contribution in [3.63, 3.8) is 0 Å². The Labute approximate surface area is 119 Å². The van der Waals surface area contributed by atoms with Gasteiger partial charge in [0.15, 0.2) is 0 Å². The van der Waals surface area contributed by atoms with Gasteiger partial charge in [-0.1, -0.05) is 78.2 Å². The van der Waals surface area contributed by atoms with Crippen molar-refractivity contribution in [1.82, 2.24) is 0 Å². The molecule has 0 saturated heterocycles. The molecule has 0 heterocycles. The minimum Gasteiger partial charge on any atom is -0.478 e. The van der Waals surface area contributed by atoms with Crippen LogP contribution in [0.5, 0.6) is 0 Å². The van der Waals surface area contributed by atoms with E-state index in [4.69, 9.17) is 5.11 Å². The predicted molar refractivity (Wildman–Crippen MR) is 82.4 cm³/mol. The van der Waals surface area contributed by atoms with Crippen molar-refractivity contribution in [2.45, 2.75) is 84.5 Å². The maximum atomic E-state index is 10.6. The van der Waals surface area contributed by atoms with Gasteiger partial charge in [0, 0.05) is 5.57 Å². The lowest BCUT2D eigenvalue weighted by Gasteiger charge is -2.10. The van der Waals surface area contributed by atoms with Gasteiger partial charge in [-0.3, -0.25) is 0 Å². The van der Waals surface area contributed by atoms with Crippen molar-refractivity contribution in [2.24, 2.45) is 5.92 Å². The van der Waals surface area contributed by atoms with Gasteiger partial charge < -0.3 is 5.11 Å². The zero-order valence-corrected chi connectivity index (χ0v) is 12.9. The summed E-state index contributed by atoms with van der Waals surface area (Å²) in [6, 6.07) is 0. The Balaban J connectivity index is 3.31. The average Bonchev–Trinajstić information content (AvgIpc) is 2.38. The largest absolute Gasteiger partial charge is 0.478 e. The van der Waals surface area contributed by atoms with Crippen molar-refractivity contribution < 1.29 is 9.90 Å². The lowest BCUT2D eigenvalue weighted by Crippen LogP contribution is -2.02. The number of carbonyl (C=O) groups is 1. The molecule has 0 aliphatic heterocycles. The SMILES string of the molecule is C=C(CCC(C)CCCCCCCCCC)C(=O)O. The van der Waals surface area contributed by atoms with Gasteiger partial charge in [0.25, 0.3) is 0 Å². The van der Waals surface area contributed by atoms with E-state index in [0.717, 1.165) is 6.42 Å². The van der Waals surface area contributed by atoms with E-state index in [9.17, 15) is 4.79 Å². The number of hydrogen-bond acceptors (Lipinski definition) is 1. The molecule has 0 spiro atoms. The molecule has 112 valence electrons. The first-order valence-electron chi connectivity index (χ1n) is 7.99. The van der Waals surface area contributed by atoms with Gasteiger partial charge >= 0.3 is 5.97 Å². The molecule has 0 bridgehead atoms. The van der Waals surface area contributed by atoms with Gasteiger partial charge in [0.05, 0.1) is 0 Å². The fourth-order valence-corrected chi connectivity index (χ4v) is 2.30. The number of carboxylic acids is 1. The number of carboxylic acid groups (broad SMARTS) is 1. The third kappa shape index (κ3) is 12.0. The van der Waals surface area contributed by atoms with Crippen LogP contribution in [0.3, 0.4) is 0 Å². The predicted octanol–water partition coefficient (Wildman–Crippen LogP) is 5.57. The van der Waals surface area contributed by atoms with Gasteiger partial charge in [0.1, 0.15) is 0 Å². The normalized spacial score (nSPS) is 12.3. The molecular formula is C17H32O2. The first kappa shape index (κ1) is 18.2. The Morgan fingerprint density at radius 2 is 1.53 bits per heavy atom. The lowest BCUT2D eigenvalue weighted by atomic mass is 9.95. The summed E-state index contributed by atoms with van der Waals surface area (Å²) in [6.07, 6.45) is 13.7. The topological polar surface area (TPSA) is 37.3 Å². The Kier molecular flexibility index (Phi) is 11.7. The van der Waals surface area contributed by atoms with E-state index in [2.05, 4.69) is 20.4 Å². The second-order valence-corrected chi connectivity index (χ2v) is 5.82. The number of hydrogen-bond donors (Lipinski definition) is 1. The highest BCUT2D eigenvalue weighted by Gasteiger charge is 2.07. The zero-order chi connectivity index (χ0) is 14.5. The van der Waals surface area contributed by atoms with Crippen LogP contribution in [0, 0.1) is 5.92 Å². The Hall–Kier alpha value is -0.790. The van der Waals surface area contributed by atoms with Gasteiger partial charge in [-0.2, -0.15) is 0 Å². The van der Waals surface area contributed by atoms with Gasteiger partial charge in [0.2, 0.25) is 0 Å². The molecule has 0 rings (SSSR count). The summed E-state index contributed by atoms with van der Waals surface area (Å²) in [5, 5.41) is 8.73. The monoisotopic (exact) mass is 268 g/mol. The third-order valence-electron chi connectivity index (χ3n) is 3.79. The van der Waals surface area contributed by atoms with E-state index < -0.39 is 5.97 Å². The van der Waals surface area contributed by atoms with Crippen LogP contribution >= 0.6 is 0 Å². The lowest BCUT2D eigenvalue weighted by molar-refractivity contribution is -0.132. The molecule has 19 heavy (non-hydrogen) atoms. The van der Waals surface area contributed by atoms with Crippen molar-refractivity contribution in [3.05, 3.63) is 12.2 Å². The van der Waals surface area contributed by atoms with E-state index in [1.54, 1.807) is 0 Å². The van der Waals surface area contributed by atoms with Crippen molar-refractivity contribution in [1.29, 1.82) is 0 Å². The van der Waals surface area contributed by atoms with E-state index >= 15 is 0 Å². The second-order valence-electron chi connectivity index (χ2n) is 5.82. The van der Waals surface area contributed by atoms with Crippen LogP contribution < -0.4 is 0 Å². The highest BCUT2D eigenvalue weighted by Crippen LogP contribution is 2.18.